The predicted octanol–water partition coefficient (Wildman–Crippen LogP) is 15.2. The Bertz CT molecular complexity index is 3420. The van der Waals surface area contributed by atoms with E-state index in [0.717, 1.165) is 72.1 Å². The van der Waals surface area contributed by atoms with Gasteiger partial charge in [0.1, 0.15) is 16.7 Å². The number of rotatable bonds is 4. The molecule has 0 aliphatic heterocycles. The second kappa shape index (κ2) is 11.5. The largest absolute Gasteiger partial charge is 0.455 e. The van der Waals surface area contributed by atoms with Gasteiger partial charge >= 0.3 is 0 Å². The predicted molar refractivity (Wildman–Crippen MR) is 234 cm³/mol. The maximum atomic E-state index is 7.03. The first-order valence-corrected chi connectivity index (χ1v) is 19.4. The van der Waals surface area contributed by atoms with Crippen molar-refractivity contribution in [3.63, 3.8) is 0 Å². The van der Waals surface area contributed by atoms with Crippen LogP contribution in [0.3, 0.4) is 0 Å². The Morgan fingerprint density at radius 2 is 1.00 bits per heavy atom. The molecule has 0 saturated carbocycles. The molecule has 0 bridgehead atoms. The van der Waals surface area contributed by atoms with Gasteiger partial charge in [-0.05, 0) is 86.3 Å². The highest BCUT2D eigenvalue weighted by molar-refractivity contribution is 6.22. The molecule has 12 rings (SSSR count). The normalized spacial score (nSPS) is 13.3. The summed E-state index contributed by atoms with van der Waals surface area (Å²) < 4.78 is 13.9. The number of furan rings is 2. The minimum atomic E-state index is -0.169. The van der Waals surface area contributed by atoms with Gasteiger partial charge in [-0.15, -0.1) is 0 Å². The molecule has 9 aromatic carbocycles. The van der Waals surface area contributed by atoms with Gasteiger partial charge in [0.05, 0.1) is 22.4 Å². The molecule has 2 aromatic heterocycles. The van der Waals surface area contributed by atoms with Gasteiger partial charge < -0.3 is 13.7 Å². The lowest BCUT2D eigenvalue weighted by atomic mass is 9.82. The minimum absolute atomic E-state index is 0.169. The number of hydrogen-bond acceptors (Lipinski definition) is 3. The van der Waals surface area contributed by atoms with Gasteiger partial charge in [0.2, 0.25) is 0 Å². The number of anilines is 3. The summed E-state index contributed by atoms with van der Waals surface area (Å²) in [5, 5.41) is 9.20. The van der Waals surface area contributed by atoms with E-state index in [-0.39, 0.29) is 5.41 Å². The lowest BCUT2D eigenvalue weighted by Crippen LogP contribution is -2.16. The van der Waals surface area contributed by atoms with Gasteiger partial charge in [0, 0.05) is 32.7 Å². The summed E-state index contributed by atoms with van der Waals surface area (Å²) in [6.45, 7) is 4.69. The van der Waals surface area contributed by atoms with E-state index < -0.39 is 0 Å². The highest BCUT2D eigenvalue weighted by Gasteiger charge is 2.38. The molecule has 0 radical (unpaired) electrons. The Balaban J connectivity index is 1.23. The molecular weight excluding hydrogens is 683 g/mol. The molecule has 264 valence electrons. The Labute approximate surface area is 323 Å². The lowest BCUT2D eigenvalue weighted by Gasteiger charge is -2.29. The molecule has 0 amide bonds. The van der Waals surface area contributed by atoms with E-state index in [4.69, 9.17) is 8.83 Å². The van der Waals surface area contributed by atoms with Crippen molar-refractivity contribution in [2.75, 3.05) is 4.90 Å². The number of hydrogen-bond donors (Lipinski definition) is 0. The van der Waals surface area contributed by atoms with E-state index >= 15 is 0 Å². The van der Waals surface area contributed by atoms with Crippen LogP contribution < -0.4 is 4.90 Å². The maximum absolute atomic E-state index is 7.03. The molecule has 1 aliphatic carbocycles. The van der Waals surface area contributed by atoms with Crippen molar-refractivity contribution in [1.82, 2.24) is 0 Å². The lowest BCUT2D eigenvalue weighted by molar-refractivity contribution is 0.660. The van der Waals surface area contributed by atoms with Gasteiger partial charge in [0.15, 0.2) is 5.58 Å². The van der Waals surface area contributed by atoms with Crippen molar-refractivity contribution < 1.29 is 8.83 Å². The molecule has 56 heavy (non-hydrogen) atoms. The fourth-order valence-corrected chi connectivity index (χ4v) is 9.71. The van der Waals surface area contributed by atoms with Crippen LogP contribution in [0.4, 0.5) is 17.1 Å². The number of benzene rings is 9. The van der Waals surface area contributed by atoms with Gasteiger partial charge in [-0.1, -0.05) is 147 Å². The second-order valence-corrected chi connectivity index (χ2v) is 15.6. The zero-order valence-corrected chi connectivity index (χ0v) is 31.0. The van der Waals surface area contributed by atoms with Crippen LogP contribution in [0.5, 0.6) is 0 Å². The van der Waals surface area contributed by atoms with Crippen molar-refractivity contribution >= 4 is 82.5 Å². The van der Waals surface area contributed by atoms with E-state index in [1.807, 2.05) is 6.07 Å². The van der Waals surface area contributed by atoms with Gasteiger partial charge in [-0.25, -0.2) is 0 Å². The van der Waals surface area contributed by atoms with E-state index in [2.05, 4.69) is 189 Å². The number of para-hydroxylation sites is 3. The van der Waals surface area contributed by atoms with Crippen LogP contribution in [-0.4, -0.2) is 0 Å². The van der Waals surface area contributed by atoms with Crippen molar-refractivity contribution in [3.05, 3.63) is 187 Å². The van der Waals surface area contributed by atoms with Gasteiger partial charge in [-0.3, -0.25) is 0 Å². The first kappa shape index (κ1) is 31.3. The van der Waals surface area contributed by atoms with Gasteiger partial charge in [0.25, 0.3) is 0 Å². The molecule has 3 heteroatoms. The third-order valence-electron chi connectivity index (χ3n) is 12.3. The molecule has 0 saturated heterocycles. The fraction of sp³-hybridized carbons (Fsp3) is 0.0566. The number of nitrogens with zero attached hydrogens (tertiary/aromatic N) is 1. The first-order chi connectivity index (χ1) is 27.6. The Hall–Kier alpha value is -7.10. The molecule has 0 fully saturated rings. The summed E-state index contributed by atoms with van der Waals surface area (Å²) in [7, 11) is 0. The van der Waals surface area contributed by atoms with Crippen LogP contribution in [0.1, 0.15) is 25.0 Å². The summed E-state index contributed by atoms with van der Waals surface area (Å²) in [4.78, 5) is 2.44. The molecule has 0 N–H and O–H groups in total. The van der Waals surface area contributed by atoms with Crippen LogP contribution in [0.15, 0.2) is 185 Å². The third-order valence-corrected chi connectivity index (χ3v) is 12.3. The zero-order chi connectivity index (χ0) is 37.1. The molecule has 2 heterocycles. The van der Waals surface area contributed by atoms with E-state index in [1.54, 1.807) is 0 Å². The first-order valence-electron chi connectivity index (χ1n) is 19.4. The smallest absolute Gasteiger partial charge is 0.159 e. The summed E-state index contributed by atoms with van der Waals surface area (Å²) in [6.07, 6.45) is 0. The fourth-order valence-electron chi connectivity index (χ4n) is 9.71. The SMILES string of the molecule is CC1(C)c2ccccc2-c2c(N(c3cccc4c3oc3ccccc34)c3ccc(-c4cc5ccccc5c5ccccc45)c4oc5ccccc5c34)cccc21. The Kier molecular flexibility index (Phi) is 6.40. The standard InChI is InChI=1S/C53H35NO2/c1-53(2)42-23-10-7-20-39(42)49-43(53)24-14-25-44(49)54(46-26-13-22-37-36-19-8-11-27-47(36)55-51(37)46)45-30-29-38(52-50(45)40-21-9-12-28-48(40)56-52)41-31-32-15-3-4-16-33(32)34-17-5-6-18-35(34)41/h3-31H,1-2H3. The zero-order valence-electron chi connectivity index (χ0n) is 31.0. The van der Waals surface area contributed by atoms with E-state index in [1.165, 1.54) is 43.8 Å². The summed E-state index contributed by atoms with van der Waals surface area (Å²) >= 11 is 0. The maximum Gasteiger partial charge on any atom is 0.159 e. The van der Waals surface area contributed by atoms with E-state index in [0.29, 0.717) is 0 Å². The molecule has 0 spiro atoms. The summed E-state index contributed by atoms with van der Waals surface area (Å²) in [5.41, 5.74) is 13.7. The molecule has 11 aromatic rings. The average molecular weight is 718 g/mol. The van der Waals surface area contributed by atoms with Crippen LogP contribution in [-0.2, 0) is 5.41 Å². The Morgan fingerprint density at radius 1 is 0.393 bits per heavy atom. The molecule has 1 aliphatic rings. The van der Waals surface area contributed by atoms with Crippen molar-refractivity contribution in [1.29, 1.82) is 0 Å². The van der Waals surface area contributed by atoms with Crippen LogP contribution in [0.2, 0.25) is 0 Å². The Morgan fingerprint density at radius 3 is 1.86 bits per heavy atom. The quantitative estimate of drug-likeness (QED) is 0.170. The van der Waals surface area contributed by atoms with Crippen LogP contribution in [0.25, 0.3) is 87.7 Å². The second-order valence-electron chi connectivity index (χ2n) is 15.6. The summed E-state index contributed by atoms with van der Waals surface area (Å²) in [6, 6.07) is 63.3. The van der Waals surface area contributed by atoms with Gasteiger partial charge in [-0.2, -0.15) is 0 Å². The van der Waals surface area contributed by atoms with E-state index in [9.17, 15) is 0 Å². The average Bonchev–Trinajstić information content (AvgIpc) is 3.90. The number of fused-ring (bicyclic) bond motifs is 12. The topological polar surface area (TPSA) is 29.5 Å². The van der Waals surface area contributed by atoms with Crippen LogP contribution in [0, 0.1) is 0 Å². The molecular formula is C53H35NO2. The van der Waals surface area contributed by atoms with Crippen LogP contribution >= 0.6 is 0 Å². The minimum Gasteiger partial charge on any atom is -0.455 e. The molecule has 3 nitrogen and oxygen atoms in total. The third kappa shape index (κ3) is 4.23. The van der Waals surface area contributed by atoms with Crippen molar-refractivity contribution in [3.8, 4) is 22.3 Å². The van der Waals surface area contributed by atoms with Crippen molar-refractivity contribution in [2.24, 2.45) is 0 Å². The summed E-state index contributed by atoms with van der Waals surface area (Å²) in [5.74, 6) is 0. The monoisotopic (exact) mass is 717 g/mol. The molecule has 0 unspecified atom stereocenters. The highest BCUT2D eigenvalue weighted by atomic mass is 16.3. The molecule has 0 atom stereocenters. The van der Waals surface area contributed by atoms with Crippen molar-refractivity contribution in [2.45, 2.75) is 19.3 Å². The highest BCUT2D eigenvalue weighted by Crippen LogP contribution is 2.56.